The summed E-state index contributed by atoms with van der Waals surface area (Å²) >= 11 is 0. The van der Waals surface area contributed by atoms with Gasteiger partial charge in [-0.05, 0) is 50.2 Å². The van der Waals surface area contributed by atoms with Gasteiger partial charge in [-0.2, -0.15) is 0 Å². The second-order valence-electron chi connectivity index (χ2n) is 8.63. The van der Waals surface area contributed by atoms with Crippen LogP contribution in [0, 0.1) is 5.92 Å². The van der Waals surface area contributed by atoms with Gasteiger partial charge in [0, 0.05) is 32.4 Å². The SMILES string of the molecule is CC1CN(CC(=O)N2CCCC2)CCC12CCC(C(=O)Nc1cccnc1)O2.O=CO.O=CO. The number of carbonyl (C=O) groups is 4. The molecule has 3 unspecified atom stereocenters. The van der Waals surface area contributed by atoms with Crippen LogP contribution in [0.1, 0.15) is 39.0 Å². The predicted octanol–water partition coefficient (Wildman–Crippen LogP) is 1.30. The van der Waals surface area contributed by atoms with Gasteiger partial charge in [0.1, 0.15) is 6.10 Å². The molecule has 1 aromatic rings. The average molecular weight is 479 g/mol. The molecule has 0 radical (unpaired) electrons. The van der Waals surface area contributed by atoms with Crippen LogP contribution in [-0.4, -0.2) is 94.2 Å². The van der Waals surface area contributed by atoms with Gasteiger partial charge in [-0.3, -0.25) is 29.1 Å². The van der Waals surface area contributed by atoms with Crippen LogP contribution in [0.2, 0.25) is 0 Å². The van der Waals surface area contributed by atoms with Gasteiger partial charge in [0.25, 0.3) is 18.9 Å². The van der Waals surface area contributed by atoms with E-state index in [-0.39, 0.29) is 30.4 Å². The Hall–Kier alpha value is -3.05. The first-order valence-corrected chi connectivity index (χ1v) is 11.4. The van der Waals surface area contributed by atoms with E-state index >= 15 is 0 Å². The molecule has 3 N–H and O–H groups in total. The lowest BCUT2D eigenvalue weighted by atomic mass is 9.80. The van der Waals surface area contributed by atoms with Crippen LogP contribution in [0.25, 0.3) is 0 Å². The Bertz CT molecular complexity index is 798. The second kappa shape index (κ2) is 13.6. The largest absolute Gasteiger partial charge is 0.483 e. The highest BCUT2D eigenvalue weighted by atomic mass is 16.5. The lowest BCUT2D eigenvalue weighted by molar-refractivity contribution is -0.145. The Morgan fingerprint density at radius 2 is 1.88 bits per heavy atom. The number of nitrogens with zero attached hydrogens (tertiary/aromatic N) is 3. The molecular weight excluding hydrogens is 444 g/mol. The fraction of sp³-hybridized carbons (Fsp3) is 0.609. The van der Waals surface area contributed by atoms with Crippen molar-refractivity contribution >= 4 is 30.4 Å². The molecule has 3 saturated heterocycles. The van der Waals surface area contributed by atoms with E-state index in [9.17, 15) is 9.59 Å². The summed E-state index contributed by atoms with van der Waals surface area (Å²) in [5.41, 5.74) is 0.449. The van der Waals surface area contributed by atoms with Crippen LogP contribution in [0.15, 0.2) is 24.5 Å². The zero-order valence-electron chi connectivity index (χ0n) is 19.5. The summed E-state index contributed by atoms with van der Waals surface area (Å²) in [5, 5.41) is 16.7. The number of hydrogen-bond donors (Lipinski definition) is 3. The van der Waals surface area contributed by atoms with Crippen LogP contribution >= 0.6 is 0 Å². The number of carboxylic acid groups (broad SMARTS) is 2. The maximum atomic E-state index is 12.6. The van der Waals surface area contributed by atoms with Gasteiger partial charge in [0.05, 0.1) is 24.0 Å². The minimum atomic E-state index is -0.416. The molecule has 0 saturated carbocycles. The van der Waals surface area contributed by atoms with E-state index in [1.807, 2.05) is 11.0 Å². The van der Waals surface area contributed by atoms with E-state index in [0.29, 0.717) is 18.2 Å². The smallest absolute Gasteiger partial charge is 0.290 e. The number of likely N-dealkylation sites (tertiary alicyclic amines) is 2. The van der Waals surface area contributed by atoms with Crippen molar-refractivity contribution in [2.45, 2.75) is 50.7 Å². The Kier molecular flexibility index (Phi) is 10.9. The molecule has 1 aromatic heterocycles. The highest BCUT2D eigenvalue weighted by molar-refractivity contribution is 5.94. The molecule has 11 nitrogen and oxygen atoms in total. The van der Waals surface area contributed by atoms with E-state index in [4.69, 9.17) is 24.5 Å². The summed E-state index contributed by atoms with van der Waals surface area (Å²) in [6.07, 6.45) is 7.67. The van der Waals surface area contributed by atoms with Crippen LogP contribution in [0.3, 0.4) is 0 Å². The molecule has 3 aliphatic rings. The molecule has 4 heterocycles. The summed E-state index contributed by atoms with van der Waals surface area (Å²) in [4.78, 5) is 50.0. The van der Waals surface area contributed by atoms with Crippen LogP contribution in [-0.2, 0) is 23.9 Å². The van der Waals surface area contributed by atoms with Gasteiger partial charge >= 0.3 is 0 Å². The zero-order chi connectivity index (χ0) is 25.0. The van der Waals surface area contributed by atoms with E-state index in [0.717, 1.165) is 58.3 Å². The van der Waals surface area contributed by atoms with Gasteiger partial charge in [-0.25, -0.2) is 0 Å². The number of aromatic nitrogens is 1. The Morgan fingerprint density at radius 3 is 2.47 bits per heavy atom. The number of ether oxygens (including phenoxy) is 1. The topological polar surface area (TPSA) is 149 Å². The van der Waals surface area contributed by atoms with Crippen molar-refractivity contribution in [3.63, 3.8) is 0 Å². The predicted molar refractivity (Wildman–Crippen MR) is 123 cm³/mol. The molecule has 4 rings (SSSR count). The maximum absolute atomic E-state index is 12.6. The van der Waals surface area contributed by atoms with Crippen molar-refractivity contribution in [3.8, 4) is 0 Å². The lowest BCUT2D eigenvalue weighted by Crippen LogP contribution is -2.53. The molecular formula is C23H34N4O7. The normalized spacial score (nSPS) is 26.0. The number of anilines is 1. The van der Waals surface area contributed by atoms with E-state index in [2.05, 4.69) is 22.1 Å². The average Bonchev–Trinajstić information content (AvgIpc) is 3.50. The monoisotopic (exact) mass is 478 g/mol. The molecule has 3 aliphatic heterocycles. The molecule has 0 bridgehead atoms. The first-order chi connectivity index (χ1) is 16.4. The quantitative estimate of drug-likeness (QED) is 0.544. The summed E-state index contributed by atoms with van der Waals surface area (Å²) < 4.78 is 6.33. The minimum absolute atomic E-state index is 0.0938. The highest BCUT2D eigenvalue weighted by Gasteiger charge is 2.49. The van der Waals surface area contributed by atoms with Crippen LogP contribution < -0.4 is 5.32 Å². The minimum Gasteiger partial charge on any atom is -0.483 e. The number of amides is 2. The number of piperidine rings is 1. The van der Waals surface area contributed by atoms with Gasteiger partial charge in [-0.1, -0.05) is 6.92 Å². The standard InChI is InChI=1S/C21H30N4O3.2CH2O2/c1-16-14-24(15-19(26)25-10-2-3-11-25)12-8-21(16)7-6-18(28-21)20(27)23-17-5-4-9-22-13-17;2*2-1-3/h4-5,9,13,16,18H,2-3,6-8,10-12,14-15H2,1H3,(H,23,27);2*1H,(H,2,3). The Morgan fingerprint density at radius 1 is 1.21 bits per heavy atom. The summed E-state index contributed by atoms with van der Waals surface area (Å²) in [7, 11) is 0. The van der Waals surface area contributed by atoms with Gasteiger partial charge in [-0.15, -0.1) is 0 Å². The van der Waals surface area contributed by atoms with Gasteiger partial charge in [0.2, 0.25) is 5.91 Å². The molecule has 34 heavy (non-hydrogen) atoms. The fourth-order valence-corrected chi connectivity index (χ4v) is 4.81. The Balaban J connectivity index is 0.000000618. The van der Waals surface area contributed by atoms with Crippen molar-refractivity contribution in [1.29, 1.82) is 0 Å². The van der Waals surface area contributed by atoms with Gasteiger partial charge in [0.15, 0.2) is 0 Å². The fourth-order valence-electron chi connectivity index (χ4n) is 4.81. The number of hydrogen-bond acceptors (Lipinski definition) is 7. The summed E-state index contributed by atoms with van der Waals surface area (Å²) in [5.74, 6) is 0.453. The van der Waals surface area contributed by atoms with E-state index in [1.165, 1.54) is 0 Å². The molecule has 3 fully saturated rings. The first kappa shape index (κ1) is 27.2. The zero-order valence-corrected chi connectivity index (χ0v) is 19.5. The number of carbonyl (C=O) groups excluding carboxylic acids is 2. The number of pyridine rings is 1. The van der Waals surface area contributed by atoms with E-state index in [1.54, 1.807) is 18.5 Å². The van der Waals surface area contributed by atoms with Crippen molar-refractivity contribution in [1.82, 2.24) is 14.8 Å². The van der Waals surface area contributed by atoms with Crippen molar-refractivity contribution in [2.24, 2.45) is 5.92 Å². The van der Waals surface area contributed by atoms with Gasteiger partial charge < -0.3 is 25.2 Å². The molecule has 2 amide bonds. The molecule has 0 aliphatic carbocycles. The second-order valence-corrected chi connectivity index (χ2v) is 8.63. The third-order valence-electron chi connectivity index (χ3n) is 6.53. The third-order valence-corrected chi connectivity index (χ3v) is 6.53. The van der Waals surface area contributed by atoms with Crippen molar-refractivity contribution in [3.05, 3.63) is 24.5 Å². The van der Waals surface area contributed by atoms with Crippen LogP contribution in [0.5, 0.6) is 0 Å². The van der Waals surface area contributed by atoms with Crippen LogP contribution in [0.4, 0.5) is 5.69 Å². The first-order valence-electron chi connectivity index (χ1n) is 11.4. The molecule has 1 spiro atoms. The highest BCUT2D eigenvalue weighted by Crippen LogP contribution is 2.42. The van der Waals surface area contributed by atoms with Crippen molar-refractivity contribution in [2.75, 3.05) is 38.0 Å². The summed E-state index contributed by atoms with van der Waals surface area (Å²) in [6, 6.07) is 3.63. The summed E-state index contributed by atoms with van der Waals surface area (Å²) in [6.45, 7) is 5.70. The van der Waals surface area contributed by atoms with E-state index < -0.39 is 6.10 Å². The van der Waals surface area contributed by atoms with Crippen molar-refractivity contribution < 1.29 is 34.1 Å². The lowest BCUT2D eigenvalue weighted by Gasteiger charge is -2.44. The molecule has 188 valence electrons. The number of rotatable bonds is 4. The number of nitrogens with one attached hydrogen (secondary N) is 1. The molecule has 11 heteroatoms. The third kappa shape index (κ3) is 7.49. The maximum Gasteiger partial charge on any atom is 0.290 e. The molecule has 0 aromatic carbocycles. The Labute approximate surface area is 199 Å². The molecule has 3 atom stereocenters.